The largest absolute Gasteiger partial charge is 0.419 e. The second-order valence-electron chi connectivity index (χ2n) is 7.63. The van der Waals surface area contributed by atoms with E-state index in [1.807, 2.05) is 0 Å². The summed E-state index contributed by atoms with van der Waals surface area (Å²) in [6.45, 7) is 0. The molecule has 4 aromatic rings. The molecule has 0 atom stereocenters. The van der Waals surface area contributed by atoms with E-state index in [1.54, 1.807) is 24.3 Å². The second kappa shape index (κ2) is 8.41. The van der Waals surface area contributed by atoms with Gasteiger partial charge in [0.05, 0.1) is 28.9 Å². The highest BCUT2D eigenvalue weighted by Gasteiger charge is 2.38. The highest BCUT2D eigenvalue weighted by atomic mass is 32.2. The maximum Gasteiger partial charge on any atom is 0.419 e. The first-order valence-electron chi connectivity index (χ1n) is 9.89. The number of halogens is 3. The van der Waals surface area contributed by atoms with E-state index in [1.165, 1.54) is 42.5 Å². The molecule has 4 rings (SSSR count). The zero-order chi connectivity index (χ0) is 24.7. The molecule has 0 aliphatic heterocycles. The number of H-pyrrole nitrogens is 1. The number of nitrogens with two attached hydrogens (primary N) is 1. The normalized spacial score (nSPS) is 12.0. The van der Waals surface area contributed by atoms with Gasteiger partial charge >= 0.3 is 6.18 Å². The molecule has 11 heteroatoms. The van der Waals surface area contributed by atoms with E-state index in [9.17, 15) is 26.4 Å². The van der Waals surface area contributed by atoms with Crippen LogP contribution in [0.25, 0.3) is 22.0 Å². The number of hydrogen-bond donors (Lipinski definition) is 4. The van der Waals surface area contributed by atoms with Crippen molar-refractivity contribution < 1.29 is 26.4 Å². The van der Waals surface area contributed by atoms with Crippen molar-refractivity contribution in [3.63, 3.8) is 0 Å². The molecule has 0 unspecified atom stereocenters. The van der Waals surface area contributed by atoms with Crippen LogP contribution in [0.4, 0.5) is 30.2 Å². The molecule has 34 heavy (non-hydrogen) atoms. The molecule has 176 valence electrons. The highest BCUT2D eigenvalue weighted by Crippen LogP contribution is 2.44. The number of sulfonamides is 1. The number of carbonyl (C=O) groups excluding carboxylic acids is 1. The smallest absolute Gasteiger partial charge is 0.397 e. The van der Waals surface area contributed by atoms with Crippen LogP contribution >= 0.6 is 0 Å². The van der Waals surface area contributed by atoms with Gasteiger partial charge in [0.1, 0.15) is 5.69 Å². The fourth-order valence-electron chi connectivity index (χ4n) is 3.61. The van der Waals surface area contributed by atoms with Crippen LogP contribution in [-0.2, 0) is 16.2 Å². The Kier molecular flexibility index (Phi) is 5.74. The van der Waals surface area contributed by atoms with Crippen LogP contribution in [0.15, 0.2) is 66.7 Å². The molecule has 0 saturated carbocycles. The molecule has 5 N–H and O–H groups in total. The van der Waals surface area contributed by atoms with Gasteiger partial charge in [-0.3, -0.25) is 9.52 Å². The Morgan fingerprint density at radius 1 is 1.00 bits per heavy atom. The summed E-state index contributed by atoms with van der Waals surface area (Å²) in [6, 6.07) is 16.5. The number of nitrogens with one attached hydrogen (secondary N) is 3. The van der Waals surface area contributed by atoms with E-state index >= 15 is 0 Å². The Morgan fingerprint density at radius 3 is 2.35 bits per heavy atom. The summed E-state index contributed by atoms with van der Waals surface area (Å²) in [5.41, 5.74) is 4.88. The number of amides is 1. The third-order valence-electron chi connectivity index (χ3n) is 5.01. The standard InChI is InChI=1S/C23H19F3N4O3S/c1-34(32,33)30-15-8-7-14-11-19(28-18(14)12-15)22(31)29-21-17(27)10-9-16(20(21)23(24,25)26)13-5-3-2-4-6-13/h2-12,28,30H,27H2,1H3,(H,29,31). The van der Waals surface area contributed by atoms with Crippen molar-refractivity contribution in [3.8, 4) is 11.1 Å². The third kappa shape index (κ3) is 4.84. The summed E-state index contributed by atoms with van der Waals surface area (Å²) in [5.74, 6) is -0.837. The van der Waals surface area contributed by atoms with Gasteiger partial charge in [0.25, 0.3) is 5.91 Å². The fraction of sp³-hybridized carbons (Fsp3) is 0.0870. The first-order chi connectivity index (χ1) is 15.9. The lowest BCUT2D eigenvalue weighted by Gasteiger charge is -2.20. The molecule has 0 spiro atoms. The van der Waals surface area contributed by atoms with Crippen molar-refractivity contribution >= 4 is 43.9 Å². The van der Waals surface area contributed by atoms with Gasteiger partial charge in [0.2, 0.25) is 10.0 Å². The zero-order valence-electron chi connectivity index (χ0n) is 17.7. The van der Waals surface area contributed by atoms with E-state index in [0.717, 1.165) is 6.26 Å². The molecule has 0 aliphatic carbocycles. The van der Waals surface area contributed by atoms with Crippen LogP contribution in [0.3, 0.4) is 0 Å². The topological polar surface area (TPSA) is 117 Å². The van der Waals surface area contributed by atoms with Crippen LogP contribution in [0.2, 0.25) is 0 Å². The number of rotatable bonds is 5. The quantitative estimate of drug-likeness (QED) is 0.294. The number of aromatic amines is 1. The molecule has 7 nitrogen and oxygen atoms in total. The average molecular weight is 488 g/mol. The van der Waals surface area contributed by atoms with Gasteiger partial charge in [-0.1, -0.05) is 42.5 Å². The first kappa shape index (κ1) is 23.2. The van der Waals surface area contributed by atoms with E-state index in [2.05, 4.69) is 15.0 Å². The number of alkyl halides is 3. The number of anilines is 3. The molecule has 0 radical (unpaired) electrons. The lowest BCUT2D eigenvalue weighted by molar-refractivity contribution is -0.136. The summed E-state index contributed by atoms with van der Waals surface area (Å²) in [7, 11) is -3.51. The Labute approximate surface area is 192 Å². The molecule has 1 aromatic heterocycles. The summed E-state index contributed by atoms with van der Waals surface area (Å²) in [4.78, 5) is 15.7. The lowest BCUT2D eigenvalue weighted by atomic mass is 9.96. The van der Waals surface area contributed by atoms with Crippen LogP contribution in [0, 0.1) is 0 Å². The molecule has 0 bridgehead atoms. The maximum atomic E-state index is 14.1. The number of nitrogen functional groups attached to an aromatic ring is 1. The fourth-order valence-corrected chi connectivity index (χ4v) is 4.17. The van der Waals surface area contributed by atoms with Crippen molar-refractivity contribution in [2.45, 2.75) is 6.18 Å². The minimum atomic E-state index is -4.80. The van der Waals surface area contributed by atoms with Gasteiger partial charge < -0.3 is 16.0 Å². The van der Waals surface area contributed by atoms with Crippen molar-refractivity contribution in [2.24, 2.45) is 0 Å². The number of hydrogen-bond acceptors (Lipinski definition) is 4. The predicted molar refractivity (Wildman–Crippen MR) is 126 cm³/mol. The Morgan fingerprint density at radius 2 is 1.71 bits per heavy atom. The first-order valence-corrected chi connectivity index (χ1v) is 11.8. The molecule has 0 fully saturated rings. The number of fused-ring (bicyclic) bond motifs is 1. The van der Waals surface area contributed by atoms with Crippen LogP contribution in [0.1, 0.15) is 16.1 Å². The molecule has 0 aliphatic rings. The molecule has 3 aromatic carbocycles. The van der Waals surface area contributed by atoms with Gasteiger partial charge in [0, 0.05) is 10.9 Å². The molecular formula is C23H19F3N4O3S. The highest BCUT2D eigenvalue weighted by molar-refractivity contribution is 7.92. The summed E-state index contributed by atoms with van der Waals surface area (Å²) in [5, 5.41) is 2.86. The predicted octanol–water partition coefficient (Wildman–Crippen LogP) is 5.06. The van der Waals surface area contributed by atoms with Crippen LogP contribution < -0.4 is 15.8 Å². The molecule has 0 saturated heterocycles. The van der Waals surface area contributed by atoms with Crippen LogP contribution in [-0.4, -0.2) is 25.6 Å². The summed E-state index contributed by atoms with van der Waals surface area (Å²) < 4.78 is 67.5. The van der Waals surface area contributed by atoms with Crippen molar-refractivity contribution in [1.82, 2.24) is 4.98 Å². The SMILES string of the molecule is CS(=O)(=O)Nc1ccc2cc(C(=O)Nc3c(N)ccc(-c4ccccc4)c3C(F)(F)F)[nH]c2c1. The minimum Gasteiger partial charge on any atom is -0.397 e. The van der Waals surface area contributed by atoms with Crippen molar-refractivity contribution in [2.75, 3.05) is 22.0 Å². The molecular weight excluding hydrogens is 469 g/mol. The third-order valence-corrected chi connectivity index (χ3v) is 5.62. The van der Waals surface area contributed by atoms with Crippen molar-refractivity contribution in [1.29, 1.82) is 0 Å². The van der Waals surface area contributed by atoms with E-state index in [-0.39, 0.29) is 22.6 Å². The summed E-state index contributed by atoms with van der Waals surface area (Å²) in [6.07, 6.45) is -3.80. The van der Waals surface area contributed by atoms with Crippen LogP contribution in [0.5, 0.6) is 0 Å². The Hall–Kier alpha value is -3.99. The zero-order valence-corrected chi connectivity index (χ0v) is 18.5. The average Bonchev–Trinajstić information content (AvgIpc) is 3.17. The van der Waals surface area contributed by atoms with Gasteiger partial charge in [-0.15, -0.1) is 0 Å². The van der Waals surface area contributed by atoms with Gasteiger partial charge in [-0.2, -0.15) is 13.2 Å². The Balaban J connectivity index is 1.74. The minimum absolute atomic E-state index is 0.0239. The monoisotopic (exact) mass is 488 g/mol. The Bertz CT molecular complexity index is 1500. The summed E-state index contributed by atoms with van der Waals surface area (Å²) >= 11 is 0. The van der Waals surface area contributed by atoms with Gasteiger partial charge in [0.15, 0.2) is 0 Å². The maximum absolute atomic E-state index is 14.1. The van der Waals surface area contributed by atoms with Crippen molar-refractivity contribution in [3.05, 3.63) is 78.0 Å². The van der Waals surface area contributed by atoms with Gasteiger partial charge in [-0.05, 0) is 35.4 Å². The number of benzene rings is 3. The molecule has 1 heterocycles. The number of aromatic nitrogens is 1. The van der Waals surface area contributed by atoms with E-state index < -0.39 is 33.4 Å². The molecule has 1 amide bonds. The van der Waals surface area contributed by atoms with E-state index in [4.69, 9.17) is 5.73 Å². The van der Waals surface area contributed by atoms with Gasteiger partial charge in [-0.25, -0.2) is 8.42 Å². The van der Waals surface area contributed by atoms with E-state index in [0.29, 0.717) is 16.5 Å². The lowest BCUT2D eigenvalue weighted by Crippen LogP contribution is -2.19. The second-order valence-corrected chi connectivity index (χ2v) is 9.38. The number of carbonyl (C=O) groups is 1.